The largest absolute Gasteiger partial charge is 0.436 e. The molecule has 0 saturated carbocycles. The van der Waals surface area contributed by atoms with Crippen LogP contribution in [0, 0.1) is 18.6 Å². The maximum Gasteiger partial charge on any atom is 0.419 e. The lowest BCUT2D eigenvalue weighted by molar-refractivity contribution is -0.139. The second-order valence-corrected chi connectivity index (χ2v) is 7.53. The van der Waals surface area contributed by atoms with E-state index in [2.05, 4.69) is 20.6 Å². The number of hydrogen-bond acceptors (Lipinski definition) is 5. The number of amides is 1. The van der Waals surface area contributed by atoms with Gasteiger partial charge >= 0.3 is 12.2 Å². The fraction of sp³-hybridized carbons (Fsp3) is 0.174. The summed E-state index contributed by atoms with van der Waals surface area (Å²) in [6, 6.07) is 6.93. The van der Waals surface area contributed by atoms with Crippen molar-refractivity contribution in [3.8, 4) is 11.6 Å². The lowest BCUT2D eigenvalue weighted by atomic mass is 10.2. The van der Waals surface area contributed by atoms with E-state index >= 15 is 4.39 Å². The average molecular weight is 491 g/mol. The first-order valence-electron chi connectivity index (χ1n) is 10.2. The van der Waals surface area contributed by atoms with Crippen LogP contribution in [0.3, 0.4) is 0 Å². The molecule has 0 radical (unpaired) electrons. The zero-order chi connectivity index (χ0) is 25.3. The lowest BCUT2D eigenvalue weighted by Crippen LogP contribution is -2.21. The topological polar surface area (TPSA) is 81.1 Å². The lowest BCUT2D eigenvalue weighted by Gasteiger charge is -2.13. The number of hydrogen-bond donors (Lipinski definition) is 2. The molecule has 0 aliphatic heterocycles. The number of halogens is 5. The highest BCUT2D eigenvalue weighted by Gasteiger charge is 2.34. The zero-order valence-corrected chi connectivity index (χ0v) is 18.4. The van der Waals surface area contributed by atoms with Gasteiger partial charge in [0, 0.05) is 29.4 Å². The molecule has 12 heteroatoms. The van der Waals surface area contributed by atoms with Crippen molar-refractivity contribution in [1.29, 1.82) is 0 Å². The summed E-state index contributed by atoms with van der Waals surface area (Å²) in [6.07, 6.45) is -3.65. The average Bonchev–Trinajstić information content (AvgIpc) is 3.13. The first-order chi connectivity index (χ1) is 16.6. The van der Waals surface area contributed by atoms with Gasteiger partial charge in [-0.15, -0.1) is 0 Å². The molecule has 0 aliphatic carbocycles. The summed E-state index contributed by atoms with van der Waals surface area (Å²) in [5.41, 5.74) is -0.690. The molecule has 2 aromatic carbocycles. The van der Waals surface area contributed by atoms with Crippen LogP contribution in [-0.4, -0.2) is 27.6 Å². The molecular formula is C23H18F5N5O2. The van der Waals surface area contributed by atoms with Crippen molar-refractivity contribution < 1.29 is 31.5 Å². The van der Waals surface area contributed by atoms with Crippen LogP contribution in [0.2, 0.25) is 0 Å². The van der Waals surface area contributed by atoms with Crippen molar-refractivity contribution in [3.63, 3.8) is 0 Å². The van der Waals surface area contributed by atoms with Crippen LogP contribution in [0.5, 0.6) is 11.6 Å². The smallest absolute Gasteiger partial charge is 0.419 e. The van der Waals surface area contributed by atoms with Gasteiger partial charge < -0.3 is 15.4 Å². The Kier molecular flexibility index (Phi) is 6.39. The van der Waals surface area contributed by atoms with Crippen molar-refractivity contribution >= 4 is 22.6 Å². The second-order valence-electron chi connectivity index (χ2n) is 7.53. The van der Waals surface area contributed by atoms with E-state index in [0.717, 1.165) is 10.6 Å². The van der Waals surface area contributed by atoms with Gasteiger partial charge in [-0.3, -0.25) is 4.57 Å². The molecule has 7 nitrogen and oxygen atoms in total. The summed E-state index contributed by atoms with van der Waals surface area (Å²) in [5.74, 6) is -2.24. The minimum atomic E-state index is -4.93. The summed E-state index contributed by atoms with van der Waals surface area (Å²) in [6.45, 7) is 1.98. The van der Waals surface area contributed by atoms with Crippen molar-refractivity contribution in [2.24, 2.45) is 0 Å². The summed E-state index contributed by atoms with van der Waals surface area (Å²) >= 11 is 0. The van der Waals surface area contributed by atoms with Crippen LogP contribution in [0.25, 0.3) is 10.9 Å². The van der Waals surface area contributed by atoms with Crippen LogP contribution < -0.4 is 15.4 Å². The predicted molar refractivity (Wildman–Crippen MR) is 117 cm³/mol. The van der Waals surface area contributed by atoms with Crippen LogP contribution >= 0.6 is 0 Å². The van der Waals surface area contributed by atoms with Gasteiger partial charge in [0.2, 0.25) is 5.88 Å². The molecule has 0 spiro atoms. The number of nitrogens with zero attached hydrogens (tertiary/aromatic N) is 3. The molecule has 2 N–H and O–H groups in total. The van der Waals surface area contributed by atoms with Gasteiger partial charge in [0.05, 0.1) is 16.8 Å². The third-order valence-electron chi connectivity index (χ3n) is 5.07. The van der Waals surface area contributed by atoms with Crippen molar-refractivity contribution in [2.75, 3.05) is 12.4 Å². The maximum atomic E-state index is 15.2. The predicted octanol–water partition coefficient (Wildman–Crippen LogP) is 5.63. The Morgan fingerprint density at radius 3 is 2.57 bits per heavy atom. The molecule has 0 saturated heterocycles. The minimum Gasteiger partial charge on any atom is -0.436 e. The Hall–Kier alpha value is -4.06. The first kappa shape index (κ1) is 24.1. The number of carbonyl (C=O) groups excluding carboxylic acids is 1. The Bertz CT molecular complexity index is 1420. The number of fused-ring (bicyclic) bond motifs is 1. The van der Waals surface area contributed by atoms with Gasteiger partial charge in [0.1, 0.15) is 12.1 Å². The Balaban J connectivity index is 1.64. The van der Waals surface area contributed by atoms with E-state index in [9.17, 15) is 22.4 Å². The van der Waals surface area contributed by atoms with Gasteiger partial charge in [-0.25, -0.2) is 23.5 Å². The molecule has 0 aliphatic rings. The van der Waals surface area contributed by atoms with Crippen molar-refractivity contribution in [2.45, 2.75) is 19.6 Å². The van der Waals surface area contributed by atoms with Gasteiger partial charge in [-0.2, -0.15) is 13.2 Å². The van der Waals surface area contributed by atoms with E-state index in [1.165, 1.54) is 31.5 Å². The maximum absolute atomic E-state index is 15.2. The summed E-state index contributed by atoms with van der Waals surface area (Å²) in [4.78, 5) is 20.9. The van der Waals surface area contributed by atoms with Crippen LogP contribution in [0.4, 0.5) is 32.4 Å². The SMILES string of the molecule is CNCc1cc(Oc2ccc3c(cc(C)n3C(=O)Nc3ccc(F)c(C(F)(F)F)c3)c2F)ncn1. The standard InChI is InChI=1S/C23H18F5N5O2/c1-12-7-15-18(5-6-19(21(15)25)35-20-9-14(10-29-2)30-11-31-20)33(12)22(34)32-13-3-4-17(24)16(8-13)23(26,27)28/h3-9,11,29H,10H2,1-2H3,(H,32,34). The molecule has 0 atom stereocenters. The van der Waals surface area contributed by atoms with Gasteiger partial charge in [0.25, 0.3) is 0 Å². The van der Waals surface area contributed by atoms with E-state index in [1.807, 2.05) is 0 Å². The molecule has 0 unspecified atom stereocenters. The number of ether oxygens (including phenoxy) is 1. The molecule has 1 amide bonds. The van der Waals surface area contributed by atoms with Crippen LogP contribution in [-0.2, 0) is 12.7 Å². The molecule has 2 heterocycles. The van der Waals surface area contributed by atoms with Crippen molar-refractivity contribution in [3.05, 3.63) is 77.4 Å². The third-order valence-corrected chi connectivity index (χ3v) is 5.07. The highest BCUT2D eigenvalue weighted by molar-refractivity contribution is 6.00. The normalized spacial score (nSPS) is 11.6. The molecule has 35 heavy (non-hydrogen) atoms. The van der Waals surface area contributed by atoms with E-state index in [4.69, 9.17) is 4.74 Å². The summed E-state index contributed by atoms with van der Waals surface area (Å²) in [7, 11) is 1.74. The highest BCUT2D eigenvalue weighted by Crippen LogP contribution is 2.34. The molecule has 0 bridgehead atoms. The second kappa shape index (κ2) is 9.29. The number of aromatic nitrogens is 3. The number of aryl methyl sites for hydroxylation is 1. The number of carbonyl (C=O) groups is 1. The summed E-state index contributed by atoms with van der Waals surface area (Å²) in [5, 5.41) is 5.27. The van der Waals surface area contributed by atoms with Crippen LogP contribution in [0.15, 0.2) is 48.8 Å². The summed E-state index contributed by atoms with van der Waals surface area (Å²) < 4.78 is 74.4. The van der Waals surface area contributed by atoms with Gasteiger partial charge in [-0.05, 0) is 50.4 Å². The molecule has 182 valence electrons. The number of benzene rings is 2. The third kappa shape index (κ3) is 4.92. The molecule has 4 rings (SSSR count). The molecule has 0 fully saturated rings. The number of anilines is 1. The highest BCUT2D eigenvalue weighted by atomic mass is 19.4. The minimum absolute atomic E-state index is 0.0507. The van der Waals surface area contributed by atoms with E-state index < -0.39 is 29.4 Å². The van der Waals surface area contributed by atoms with E-state index in [-0.39, 0.29) is 28.2 Å². The Morgan fingerprint density at radius 1 is 1.09 bits per heavy atom. The Labute approximate surface area is 195 Å². The van der Waals surface area contributed by atoms with Crippen molar-refractivity contribution in [1.82, 2.24) is 19.9 Å². The first-order valence-corrected chi connectivity index (χ1v) is 10.2. The van der Waals surface area contributed by atoms with Gasteiger partial charge in [0.15, 0.2) is 11.6 Å². The number of rotatable bonds is 5. The molecular weight excluding hydrogens is 473 g/mol. The van der Waals surface area contributed by atoms with E-state index in [1.54, 1.807) is 13.1 Å². The quantitative estimate of drug-likeness (QED) is 0.354. The number of nitrogens with one attached hydrogen (secondary N) is 2. The zero-order valence-electron chi connectivity index (χ0n) is 18.4. The molecule has 2 aromatic heterocycles. The molecule has 4 aromatic rings. The van der Waals surface area contributed by atoms with E-state index in [0.29, 0.717) is 30.1 Å². The fourth-order valence-electron chi connectivity index (χ4n) is 3.53. The fourth-order valence-corrected chi connectivity index (χ4v) is 3.53. The van der Waals surface area contributed by atoms with Crippen LogP contribution in [0.1, 0.15) is 17.0 Å². The van der Waals surface area contributed by atoms with Gasteiger partial charge in [-0.1, -0.05) is 0 Å². The number of alkyl halides is 3. The monoisotopic (exact) mass is 491 g/mol. The Morgan fingerprint density at radius 2 is 1.86 bits per heavy atom.